The Hall–Kier alpha value is -2.01. The third-order valence-corrected chi connectivity index (χ3v) is 2.82. The number of hydrogen-bond acceptors (Lipinski definition) is 3. The van der Waals surface area contributed by atoms with Crippen LogP contribution in [0.15, 0.2) is 24.3 Å². The van der Waals surface area contributed by atoms with Gasteiger partial charge in [0.2, 0.25) is 5.91 Å². The molecule has 0 spiro atoms. The number of halogens is 1. The standard InChI is InChI=1S/C14H16ClNO4/c1-16-13(17)6-3-9-20-12-5-2-4-11(15)10(12)7-8-14(18)19/h2,4-5,7-8H,3,6,9H2,1H3,(H,16,17)(H,18,19)/b8-7+. The molecule has 0 atom stereocenters. The molecule has 0 aliphatic carbocycles. The van der Waals surface area contributed by atoms with E-state index in [0.29, 0.717) is 35.8 Å². The number of aliphatic carboxylic acids is 1. The Bertz CT molecular complexity index is 514. The van der Waals surface area contributed by atoms with Gasteiger partial charge in [0.25, 0.3) is 0 Å². The number of amides is 1. The highest BCUT2D eigenvalue weighted by Crippen LogP contribution is 2.28. The van der Waals surface area contributed by atoms with Crippen LogP contribution in [0.4, 0.5) is 0 Å². The van der Waals surface area contributed by atoms with E-state index < -0.39 is 5.97 Å². The van der Waals surface area contributed by atoms with Crippen LogP contribution in [-0.2, 0) is 9.59 Å². The maximum absolute atomic E-state index is 11.1. The van der Waals surface area contributed by atoms with E-state index in [0.717, 1.165) is 6.08 Å². The van der Waals surface area contributed by atoms with E-state index in [1.54, 1.807) is 25.2 Å². The van der Waals surface area contributed by atoms with Gasteiger partial charge in [0.1, 0.15) is 5.75 Å². The van der Waals surface area contributed by atoms with Crippen molar-refractivity contribution in [1.82, 2.24) is 5.32 Å². The molecule has 0 fully saturated rings. The van der Waals surface area contributed by atoms with Crippen molar-refractivity contribution in [2.24, 2.45) is 0 Å². The third-order valence-electron chi connectivity index (χ3n) is 2.49. The molecule has 0 aliphatic rings. The van der Waals surface area contributed by atoms with Crippen molar-refractivity contribution in [3.8, 4) is 5.75 Å². The van der Waals surface area contributed by atoms with E-state index >= 15 is 0 Å². The van der Waals surface area contributed by atoms with Crippen LogP contribution in [0.25, 0.3) is 6.08 Å². The van der Waals surface area contributed by atoms with Gasteiger partial charge in [-0.3, -0.25) is 4.79 Å². The second-order valence-corrected chi connectivity index (χ2v) is 4.36. The molecule has 20 heavy (non-hydrogen) atoms. The summed E-state index contributed by atoms with van der Waals surface area (Å²) in [5.74, 6) is -0.618. The average molecular weight is 298 g/mol. The van der Waals surface area contributed by atoms with Gasteiger partial charge in [-0.15, -0.1) is 0 Å². The van der Waals surface area contributed by atoms with Crippen molar-refractivity contribution < 1.29 is 19.4 Å². The van der Waals surface area contributed by atoms with Gasteiger partial charge < -0.3 is 15.2 Å². The first-order valence-electron chi connectivity index (χ1n) is 6.07. The Kier molecular flexibility index (Phi) is 6.59. The second kappa shape index (κ2) is 8.22. The lowest BCUT2D eigenvalue weighted by molar-refractivity contribution is -0.131. The molecule has 1 aromatic carbocycles. The number of carboxylic acids is 1. The lowest BCUT2D eigenvalue weighted by atomic mass is 10.2. The fraction of sp³-hybridized carbons (Fsp3) is 0.286. The maximum Gasteiger partial charge on any atom is 0.328 e. The first-order chi connectivity index (χ1) is 9.54. The summed E-state index contributed by atoms with van der Waals surface area (Å²) in [6.45, 7) is 0.349. The van der Waals surface area contributed by atoms with Gasteiger partial charge in [0.15, 0.2) is 0 Å². The molecule has 108 valence electrons. The minimum absolute atomic E-state index is 0.0503. The Balaban J connectivity index is 2.67. The zero-order chi connectivity index (χ0) is 15.0. The van der Waals surface area contributed by atoms with Crippen molar-refractivity contribution in [2.75, 3.05) is 13.7 Å². The van der Waals surface area contributed by atoms with Gasteiger partial charge in [-0.1, -0.05) is 17.7 Å². The fourth-order valence-corrected chi connectivity index (χ4v) is 1.73. The van der Waals surface area contributed by atoms with Crippen LogP contribution in [0.5, 0.6) is 5.75 Å². The van der Waals surface area contributed by atoms with E-state index in [4.69, 9.17) is 21.4 Å². The molecule has 6 heteroatoms. The predicted octanol–water partition coefficient (Wildman–Crippen LogP) is 2.34. The molecule has 0 aliphatic heterocycles. The number of ether oxygens (including phenoxy) is 1. The number of carbonyl (C=O) groups excluding carboxylic acids is 1. The molecule has 0 bridgehead atoms. The molecular formula is C14H16ClNO4. The zero-order valence-electron chi connectivity index (χ0n) is 11.1. The Morgan fingerprint density at radius 3 is 2.85 bits per heavy atom. The SMILES string of the molecule is CNC(=O)CCCOc1cccc(Cl)c1/C=C/C(=O)O. The Morgan fingerprint density at radius 2 is 2.20 bits per heavy atom. The summed E-state index contributed by atoms with van der Waals surface area (Å²) in [4.78, 5) is 21.6. The van der Waals surface area contributed by atoms with E-state index in [1.165, 1.54) is 6.08 Å². The number of benzene rings is 1. The fourth-order valence-electron chi connectivity index (χ4n) is 1.50. The summed E-state index contributed by atoms with van der Waals surface area (Å²) in [5, 5.41) is 11.6. The van der Waals surface area contributed by atoms with Gasteiger partial charge in [-0.25, -0.2) is 4.79 Å². The molecule has 0 saturated heterocycles. The largest absolute Gasteiger partial charge is 0.493 e. The number of nitrogens with one attached hydrogen (secondary N) is 1. The summed E-state index contributed by atoms with van der Waals surface area (Å²) in [6, 6.07) is 5.07. The highest BCUT2D eigenvalue weighted by atomic mass is 35.5. The first-order valence-corrected chi connectivity index (χ1v) is 6.45. The van der Waals surface area contributed by atoms with Crippen LogP contribution >= 0.6 is 11.6 Å². The van der Waals surface area contributed by atoms with Gasteiger partial charge in [0.05, 0.1) is 11.6 Å². The lowest BCUT2D eigenvalue weighted by Gasteiger charge is -2.10. The van der Waals surface area contributed by atoms with Gasteiger partial charge in [-0.05, 0) is 24.6 Å². The highest BCUT2D eigenvalue weighted by Gasteiger charge is 2.06. The molecule has 1 rings (SSSR count). The van der Waals surface area contributed by atoms with Crippen LogP contribution in [0.3, 0.4) is 0 Å². The van der Waals surface area contributed by atoms with Crippen LogP contribution < -0.4 is 10.1 Å². The van der Waals surface area contributed by atoms with E-state index in [9.17, 15) is 9.59 Å². The van der Waals surface area contributed by atoms with Gasteiger partial charge in [0, 0.05) is 25.1 Å². The topological polar surface area (TPSA) is 75.6 Å². The van der Waals surface area contributed by atoms with Crippen molar-refractivity contribution >= 4 is 29.6 Å². The summed E-state index contributed by atoms with van der Waals surface area (Å²) < 4.78 is 5.54. The van der Waals surface area contributed by atoms with Crippen molar-refractivity contribution in [2.45, 2.75) is 12.8 Å². The Labute approximate surface area is 122 Å². The number of carbonyl (C=O) groups is 2. The van der Waals surface area contributed by atoms with Crippen LogP contribution in [0, 0.1) is 0 Å². The van der Waals surface area contributed by atoms with Crippen LogP contribution in [0.1, 0.15) is 18.4 Å². The highest BCUT2D eigenvalue weighted by molar-refractivity contribution is 6.32. The Morgan fingerprint density at radius 1 is 1.45 bits per heavy atom. The third kappa shape index (κ3) is 5.32. The summed E-state index contributed by atoms with van der Waals surface area (Å²) in [7, 11) is 1.58. The average Bonchev–Trinajstić information content (AvgIpc) is 2.42. The van der Waals surface area contributed by atoms with Gasteiger partial charge >= 0.3 is 5.97 Å². The van der Waals surface area contributed by atoms with Gasteiger partial charge in [-0.2, -0.15) is 0 Å². The monoisotopic (exact) mass is 297 g/mol. The van der Waals surface area contributed by atoms with E-state index in [1.807, 2.05) is 0 Å². The maximum atomic E-state index is 11.1. The minimum Gasteiger partial charge on any atom is -0.493 e. The van der Waals surface area contributed by atoms with Crippen LogP contribution in [0.2, 0.25) is 5.02 Å². The zero-order valence-corrected chi connectivity index (χ0v) is 11.8. The molecule has 1 aromatic rings. The minimum atomic E-state index is -1.06. The van der Waals surface area contributed by atoms with E-state index in [2.05, 4.69) is 5.32 Å². The van der Waals surface area contributed by atoms with Crippen molar-refractivity contribution in [3.63, 3.8) is 0 Å². The predicted molar refractivity (Wildman–Crippen MR) is 76.9 cm³/mol. The molecule has 2 N–H and O–H groups in total. The summed E-state index contributed by atoms with van der Waals surface area (Å²) >= 11 is 6.01. The molecule has 0 unspecified atom stereocenters. The van der Waals surface area contributed by atoms with Crippen molar-refractivity contribution in [1.29, 1.82) is 0 Å². The molecule has 0 radical (unpaired) electrons. The first kappa shape index (κ1) is 16.0. The molecule has 0 heterocycles. The number of carboxylic acid groups (broad SMARTS) is 1. The molecule has 0 aromatic heterocycles. The summed E-state index contributed by atoms with van der Waals surface area (Å²) in [6.07, 6.45) is 3.32. The lowest BCUT2D eigenvalue weighted by Crippen LogP contribution is -2.18. The van der Waals surface area contributed by atoms with Crippen molar-refractivity contribution in [3.05, 3.63) is 34.9 Å². The second-order valence-electron chi connectivity index (χ2n) is 3.95. The smallest absolute Gasteiger partial charge is 0.328 e. The normalized spacial score (nSPS) is 10.5. The summed E-state index contributed by atoms with van der Waals surface area (Å²) in [5.41, 5.74) is 0.511. The molecule has 0 saturated carbocycles. The van der Waals surface area contributed by atoms with E-state index in [-0.39, 0.29) is 5.91 Å². The number of hydrogen-bond donors (Lipinski definition) is 2. The molecule has 1 amide bonds. The molecular weight excluding hydrogens is 282 g/mol. The molecule has 5 nitrogen and oxygen atoms in total. The van der Waals surface area contributed by atoms with Crippen LogP contribution in [-0.4, -0.2) is 30.6 Å². The number of rotatable bonds is 7. The quantitative estimate of drug-likeness (QED) is 0.598.